The first-order valence-corrected chi connectivity index (χ1v) is 6.84. The molecule has 0 aliphatic heterocycles. The van der Waals surface area contributed by atoms with E-state index in [0.29, 0.717) is 0 Å². The van der Waals surface area contributed by atoms with Gasteiger partial charge in [0.15, 0.2) is 0 Å². The Morgan fingerprint density at radius 1 is 1.40 bits per heavy atom. The van der Waals surface area contributed by atoms with Crippen LogP contribution in [0.1, 0.15) is 26.7 Å². The molecule has 1 unspecified atom stereocenters. The number of fused-ring (bicyclic) bond motifs is 1. The highest BCUT2D eigenvalue weighted by Crippen LogP contribution is 2.22. The third kappa shape index (κ3) is 3.11. The van der Waals surface area contributed by atoms with Crippen molar-refractivity contribution in [2.45, 2.75) is 32.2 Å². The van der Waals surface area contributed by atoms with E-state index in [2.05, 4.69) is 15.6 Å². The molecule has 1 aromatic heterocycles. The van der Waals surface area contributed by atoms with Gasteiger partial charge >= 0.3 is 6.03 Å². The predicted molar refractivity (Wildman–Crippen MR) is 80.9 cm³/mol. The first kappa shape index (κ1) is 14.4. The maximum absolute atomic E-state index is 12.1. The zero-order valence-corrected chi connectivity index (χ0v) is 11.9. The van der Waals surface area contributed by atoms with Crippen LogP contribution in [0.25, 0.3) is 10.9 Å². The molecule has 1 heterocycles. The minimum atomic E-state index is -0.592. The Morgan fingerprint density at radius 2 is 2.20 bits per heavy atom. The van der Waals surface area contributed by atoms with Crippen molar-refractivity contribution in [1.82, 2.24) is 10.3 Å². The summed E-state index contributed by atoms with van der Waals surface area (Å²) >= 11 is 0. The summed E-state index contributed by atoms with van der Waals surface area (Å²) in [6.07, 6.45) is 3.46. The van der Waals surface area contributed by atoms with Gasteiger partial charge in [0.05, 0.1) is 17.8 Å². The van der Waals surface area contributed by atoms with E-state index in [4.69, 9.17) is 0 Å². The smallest absolute Gasteiger partial charge is 0.319 e. The van der Waals surface area contributed by atoms with E-state index in [0.717, 1.165) is 29.4 Å². The number of urea groups is 1. The molecule has 0 spiro atoms. The molecule has 20 heavy (non-hydrogen) atoms. The number of carbonyl (C=O) groups is 1. The molecule has 0 saturated carbocycles. The number of amides is 2. The Kier molecular flexibility index (Phi) is 4.29. The highest BCUT2D eigenvalue weighted by Gasteiger charge is 2.24. The maximum atomic E-state index is 12.1. The SMILES string of the molecule is CCCC(C)(CO)NC(=O)Nc1cccc2[nH]ccc12. The molecular formula is C15H21N3O2. The van der Waals surface area contributed by atoms with Crippen LogP contribution in [0.5, 0.6) is 0 Å². The summed E-state index contributed by atoms with van der Waals surface area (Å²) in [4.78, 5) is 15.2. The molecule has 1 aromatic carbocycles. The number of rotatable bonds is 5. The molecule has 4 N–H and O–H groups in total. The van der Waals surface area contributed by atoms with Crippen LogP contribution in [0.15, 0.2) is 30.5 Å². The lowest BCUT2D eigenvalue weighted by Gasteiger charge is -2.28. The number of aromatic amines is 1. The van der Waals surface area contributed by atoms with Gasteiger partial charge in [-0.25, -0.2) is 4.79 Å². The largest absolute Gasteiger partial charge is 0.394 e. The lowest BCUT2D eigenvalue weighted by atomic mass is 9.98. The van der Waals surface area contributed by atoms with Gasteiger partial charge in [-0.2, -0.15) is 0 Å². The van der Waals surface area contributed by atoms with Gasteiger partial charge < -0.3 is 20.7 Å². The summed E-state index contributed by atoms with van der Waals surface area (Å²) in [5.74, 6) is 0. The van der Waals surface area contributed by atoms with Gasteiger partial charge in [0, 0.05) is 17.1 Å². The molecule has 5 nitrogen and oxygen atoms in total. The number of nitrogens with one attached hydrogen (secondary N) is 3. The molecule has 5 heteroatoms. The summed E-state index contributed by atoms with van der Waals surface area (Å²) in [6, 6.07) is 7.30. The van der Waals surface area contributed by atoms with Crippen molar-refractivity contribution in [3.8, 4) is 0 Å². The van der Waals surface area contributed by atoms with Crippen molar-refractivity contribution in [1.29, 1.82) is 0 Å². The summed E-state index contributed by atoms with van der Waals surface area (Å²) < 4.78 is 0. The Labute approximate surface area is 118 Å². The molecule has 0 saturated heterocycles. The van der Waals surface area contributed by atoms with E-state index in [1.165, 1.54) is 0 Å². The first-order chi connectivity index (χ1) is 9.58. The highest BCUT2D eigenvalue weighted by molar-refractivity contribution is 6.00. The molecule has 2 aromatic rings. The second-order valence-corrected chi connectivity index (χ2v) is 5.29. The van der Waals surface area contributed by atoms with Gasteiger partial charge in [-0.1, -0.05) is 19.4 Å². The van der Waals surface area contributed by atoms with Crippen molar-refractivity contribution < 1.29 is 9.90 Å². The van der Waals surface area contributed by atoms with Crippen molar-refractivity contribution in [2.24, 2.45) is 0 Å². The van der Waals surface area contributed by atoms with Crippen molar-refractivity contribution in [3.05, 3.63) is 30.5 Å². The van der Waals surface area contributed by atoms with Gasteiger partial charge in [-0.3, -0.25) is 0 Å². The van der Waals surface area contributed by atoms with E-state index in [1.807, 2.05) is 44.3 Å². The normalized spacial score (nSPS) is 13.9. The molecule has 1 atom stereocenters. The van der Waals surface area contributed by atoms with Crippen LogP contribution in [-0.2, 0) is 0 Å². The van der Waals surface area contributed by atoms with Gasteiger partial charge in [0.25, 0.3) is 0 Å². The topological polar surface area (TPSA) is 77.2 Å². The monoisotopic (exact) mass is 275 g/mol. The minimum absolute atomic E-state index is 0.0807. The van der Waals surface area contributed by atoms with Crippen molar-refractivity contribution >= 4 is 22.6 Å². The van der Waals surface area contributed by atoms with Crippen molar-refractivity contribution in [3.63, 3.8) is 0 Å². The number of carbonyl (C=O) groups excluding carboxylic acids is 1. The average Bonchev–Trinajstić information content (AvgIpc) is 2.88. The third-order valence-electron chi connectivity index (χ3n) is 3.41. The molecule has 108 valence electrons. The Hall–Kier alpha value is -2.01. The zero-order valence-electron chi connectivity index (χ0n) is 11.9. The third-order valence-corrected chi connectivity index (χ3v) is 3.41. The average molecular weight is 275 g/mol. The number of hydrogen-bond acceptors (Lipinski definition) is 2. The lowest BCUT2D eigenvalue weighted by molar-refractivity contribution is 0.167. The molecule has 0 aliphatic carbocycles. The van der Waals surface area contributed by atoms with Gasteiger partial charge in [-0.15, -0.1) is 0 Å². The van der Waals surface area contributed by atoms with Crippen LogP contribution in [0.2, 0.25) is 0 Å². The Bertz CT molecular complexity index is 594. The fraction of sp³-hybridized carbons (Fsp3) is 0.400. The quantitative estimate of drug-likeness (QED) is 0.677. The van der Waals surface area contributed by atoms with Crippen LogP contribution in [0.3, 0.4) is 0 Å². The van der Waals surface area contributed by atoms with E-state index >= 15 is 0 Å². The maximum Gasteiger partial charge on any atom is 0.319 e. The molecule has 0 aliphatic rings. The van der Waals surface area contributed by atoms with Crippen LogP contribution >= 0.6 is 0 Å². The molecule has 2 rings (SSSR count). The Balaban J connectivity index is 2.10. The standard InChI is InChI=1S/C15H21N3O2/c1-3-8-15(2,10-19)18-14(20)17-13-6-4-5-12-11(13)7-9-16-12/h4-7,9,16,19H,3,8,10H2,1-2H3,(H2,17,18,20). The van der Waals surface area contributed by atoms with E-state index in [1.54, 1.807) is 0 Å². The first-order valence-electron chi connectivity index (χ1n) is 6.84. The summed E-state index contributed by atoms with van der Waals surface area (Å²) in [6.45, 7) is 3.78. The number of H-pyrrole nitrogens is 1. The van der Waals surface area contributed by atoms with Crippen LogP contribution < -0.4 is 10.6 Å². The second kappa shape index (κ2) is 5.96. The molecule has 0 fully saturated rings. The summed E-state index contributed by atoms with van der Waals surface area (Å²) in [7, 11) is 0. The fourth-order valence-electron chi connectivity index (χ4n) is 2.35. The summed E-state index contributed by atoms with van der Waals surface area (Å²) in [5, 5.41) is 16.1. The van der Waals surface area contributed by atoms with Gasteiger partial charge in [0.1, 0.15) is 0 Å². The van der Waals surface area contributed by atoms with Gasteiger partial charge in [0.2, 0.25) is 0 Å². The zero-order chi connectivity index (χ0) is 14.6. The number of benzene rings is 1. The van der Waals surface area contributed by atoms with Crippen molar-refractivity contribution in [2.75, 3.05) is 11.9 Å². The van der Waals surface area contributed by atoms with Crippen LogP contribution in [0, 0.1) is 0 Å². The predicted octanol–water partition coefficient (Wildman–Crippen LogP) is 2.84. The molecule has 0 radical (unpaired) electrons. The Morgan fingerprint density at radius 3 is 2.90 bits per heavy atom. The van der Waals surface area contributed by atoms with E-state index < -0.39 is 5.54 Å². The van der Waals surface area contributed by atoms with Crippen LogP contribution in [-0.4, -0.2) is 28.3 Å². The molecular weight excluding hydrogens is 254 g/mol. The lowest BCUT2D eigenvalue weighted by Crippen LogP contribution is -2.50. The fourth-order valence-corrected chi connectivity index (χ4v) is 2.35. The number of aromatic nitrogens is 1. The second-order valence-electron chi connectivity index (χ2n) is 5.29. The molecule has 0 bridgehead atoms. The number of aliphatic hydroxyl groups excluding tert-OH is 1. The highest BCUT2D eigenvalue weighted by atomic mass is 16.3. The van der Waals surface area contributed by atoms with Gasteiger partial charge in [-0.05, 0) is 31.5 Å². The van der Waals surface area contributed by atoms with Crippen LogP contribution in [0.4, 0.5) is 10.5 Å². The number of hydrogen-bond donors (Lipinski definition) is 4. The minimum Gasteiger partial charge on any atom is -0.394 e. The molecule has 2 amide bonds. The van der Waals surface area contributed by atoms with E-state index in [-0.39, 0.29) is 12.6 Å². The summed E-state index contributed by atoms with van der Waals surface area (Å²) in [5.41, 5.74) is 1.13. The van der Waals surface area contributed by atoms with E-state index in [9.17, 15) is 9.90 Å². The number of anilines is 1. The number of aliphatic hydroxyl groups is 1.